The summed E-state index contributed by atoms with van der Waals surface area (Å²) in [7, 11) is 1.83. The topological polar surface area (TPSA) is 60.0 Å². The van der Waals surface area contributed by atoms with E-state index in [0.717, 1.165) is 4.47 Å². The highest BCUT2D eigenvalue weighted by atomic mass is 79.9. The highest BCUT2D eigenvalue weighted by molar-refractivity contribution is 9.10. The van der Waals surface area contributed by atoms with Gasteiger partial charge in [-0.05, 0) is 28.9 Å². The minimum atomic E-state index is -0.101. The van der Waals surface area contributed by atoms with Crippen molar-refractivity contribution in [1.82, 2.24) is 9.88 Å². The van der Waals surface area contributed by atoms with E-state index in [-0.39, 0.29) is 11.9 Å². The van der Waals surface area contributed by atoms with Gasteiger partial charge in [0.05, 0.1) is 0 Å². The van der Waals surface area contributed by atoms with Gasteiger partial charge in [0, 0.05) is 30.3 Å². The number of carbonyl (C=O) groups excluding carboxylic acids is 1. The van der Waals surface area contributed by atoms with Gasteiger partial charge in [-0.1, -0.05) is 0 Å². The number of halogens is 1. The van der Waals surface area contributed by atoms with Crippen LogP contribution < -0.4 is 11.1 Å². The molecule has 0 aliphatic heterocycles. The van der Waals surface area contributed by atoms with Crippen molar-refractivity contribution in [2.45, 2.75) is 13.0 Å². The molecule has 1 aromatic rings. The van der Waals surface area contributed by atoms with E-state index in [9.17, 15) is 4.79 Å². The Hall–Kier alpha value is -0.810. The molecule has 0 spiro atoms. The molecule has 0 fully saturated rings. The molecule has 1 rings (SSSR count). The van der Waals surface area contributed by atoms with E-state index in [0.29, 0.717) is 12.2 Å². The summed E-state index contributed by atoms with van der Waals surface area (Å²) in [5.41, 5.74) is 6.03. The summed E-state index contributed by atoms with van der Waals surface area (Å²) in [6.45, 7) is 2.31. The molecule has 0 saturated carbocycles. The van der Waals surface area contributed by atoms with Gasteiger partial charge in [0.2, 0.25) is 0 Å². The lowest BCUT2D eigenvalue weighted by atomic mass is 10.3. The van der Waals surface area contributed by atoms with Crippen molar-refractivity contribution in [1.29, 1.82) is 0 Å². The van der Waals surface area contributed by atoms with Crippen LogP contribution in [0.4, 0.5) is 0 Å². The Morgan fingerprint density at radius 2 is 2.43 bits per heavy atom. The van der Waals surface area contributed by atoms with Gasteiger partial charge < -0.3 is 15.6 Å². The number of aryl methyl sites for hydroxylation is 1. The Kier molecular flexibility index (Phi) is 3.71. The Balaban J connectivity index is 2.74. The SMILES string of the molecule is C[C@@H](CN)NC(=O)c1cc(Br)cn1C. The fourth-order valence-corrected chi connectivity index (χ4v) is 1.63. The molecular weight excluding hydrogens is 246 g/mol. The third kappa shape index (κ3) is 2.59. The molecule has 14 heavy (non-hydrogen) atoms. The number of amides is 1. The molecule has 5 heteroatoms. The maximum absolute atomic E-state index is 11.6. The number of nitrogens with zero attached hydrogens (tertiary/aromatic N) is 1. The third-order valence-electron chi connectivity index (χ3n) is 1.94. The predicted octanol–water partition coefficient (Wildman–Crippen LogP) is 0.865. The molecule has 1 aromatic heterocycles. The minimum absolute atomic E-state index is 0.00354. The van der Waals surface area contributed by atoms with Crippen LogP contribution in [0, 0.1) is 0 Å². The number of hydrogen-bond donors (Lipinski definition) is 2. The zero-order valence-corrected chi connectivity index (χ0v) is 9.84. The van der Waals surface area contributed by atoms with Gasteiger partial charge in [-0.3, -0.25) is 4.79 Å². The van der Waals surface area contributed by atoms with E-state index < -0.39 is 0 Å². The molecule has 0 aromatic carbocycles. The Morgan fingerprint density at radius 1 is 1.79 bits per heavy atom. The Bertz CT molecular complexity index is 335. The van der Waals surface area contributed by atoms with E-state index >= 15 is 0 Å². The van der Waals surface area contributed by atoms with Crippen molar-refractivity contribution < 1.29 is 4.79 Å². The second kappa shape index (κ2) is 4.61. The van der Waals surface area contributed by atoms with E-state index in [1.165, 1.54) is 0 Å². The quantitative estimate of drug-likeness (QED) is 0.847. The second-order valence-corrected chi connectivity index (χ2v) is 4.18. The van der Waals surface area contributed by atoms with Gasteiger partial charge in [-0.15, -0.1) is 0 Å². The van der Waals surface area contributed by atoms with E-state index in [2.05, 4.69) is 21.2 Å². The maximum Gasteiger partial charge on any atom is 0.268 e. The van der Waals surface area contributed by atoms with Crippen LogP contribution in [0.5, 0.6) is 0 Å². The molecule has 0 saturated heterocycles. The van der Waals surface area contributed by atoms with Gasteiger partial charge in [0.15, 0.2) is 0 Å². The zero-order chi connectivity index (χ0) is 10.7. The normalized spacial score (nSPS) is 12.6. The van der Waals surface area contributed by atoms with Crippen LogP contribution in [0.25, 0.3) is 0 Å². The molecule has 1 heterocycles. The molecule has 1 amide bonds. The smallest absolute Gasteiger partial charge is 0.268 e. The summed E-state index contributed by atoms with van der Waals surface area (Å²) in [5.74, 6) is -0.101. The molecule has 0 unspecified atom stereocenters. The molecule has 4 nitrogen and oxygen atoms in total. The van der Waals surface area contributed by atoms with Crippen molar-refractivity contribution in [2.24, 2.45) is 12.8 Å². The summed E-state index contributed by atoms with van der Waals surface area (Å²) >= 11 is 3.31. The minimum Gasteiger partial charge on any atom is -0.347 e. The average Bonchev–Trinajstić information content (AvgIpc) is 2.45. The van der Waals surface area contributed by atoms with Gasteiger partial charge in [-0.25, -0.2) is 0 Å². The predicted molar refractivity (Wildman–Crippen MR) is 59.1 cm³/mol. The molecule has 0 aliphatic rings. The molecule has 1 atom stereocenters. The lowest BCUT2D eigenvalue weighted by molar-refractivity contribution is 0.0933. The summed E-state index contributed by atoms with van der Waals surface area (Å²) in [5, 5.41) is 2.79. The number of nitrogens with one attached hydrogen (secondary N) is 1. The van der Waals surface area contributed by atoms with Crippen LogP contribution in [0.2, 0.25) is 0 Å². The number of aromatic nitrogens is 1. The van der Waals surface area contributed by atoms with E-state index in [1.54, 1.807) is 10.6 Å². The second-order valence-electron chi connectivity index (χ2n) is 3.26. The van der Waals surface area contributed by atoms with Crippen molar-refractivity contribution in [3.63, 3.8) is 0 Å². The molecule has 78 valence electrons. The molecule has 3 N–H and O–H groups in total. The fraction of sp³-hybridized carbons (Fsp3) is 0.444. The molecular formula is C9H14BrN3O. The fourth-order valence-electron chi connectivity index (χ4n) is 1.11. The highest BCUT2D eigenvalue weighted by Crippen LogP contribution is 2.13. The highest BCUT2D eigenvalue weighted by Gasteiger charge is 2.12. The van der Waals surface area contributed by atoms with Crippen LogP contribution in [-0.4, -0.2) is 23.1 Å². The number of hydrogen-bond acceptors (Lipinski definition) is 2. The lowest BCUT2D eigenvalue weighted by Gasteiger charge is -2.11. The summed E-state index contributed by atoms with van der Waals surface area (Å²) in [6, 6.07) is 1.77. The Morgan fingerprint density at radius 3 is 2.86 bits per heavy atom. The number of rotatable bonds is 3. The van der Waals surface area contributed by atoms with Crippen LogP contribution in [0.1, 0.15) is 17.4 Å². The first-order valence-electron chi connectivity index (χ1n) is 4.37. The number of carbonyl (C=O) groups is 1. The van der Waals surface area contributed by atoms with Crippen LogP contribution in [-0.2, 0) is 7.05 Å². The summed E-state index contributed by atoms with van der Waals surface area (Å²) in [4.78, 5) is 11.6. The molecule has 0 aliphatic carbocycles. The van der Waals surface area contributed by atoms with Crippen molar-refractivity contribution >= 4 is 21.8 Å². The van der Waals surface area contributed by atoms with Gasteiger partial charge >= 0.3 is 0 Å². The average molecular weight is 260 g/mol. The summed E-state index contributed by atoms with van der Waals surface area (Å²) in [6.07, 6.45) is 1.84. The molecule has 0 radical (unpaired) electrons. The third-order valence-corrected chi connectivity index (χ3v) is 2.37. The first-order valence-corrected chi connectivity index (χ1v) is 5.16. The standard InChI is InChI=1S/C9H14BrN3O/c1-6(4-11)12-9(14)8-3-7(10)5-13(8)2/h3,5-6H,4,11H2,1-2H3,(H,12,14)/t6-/m0/s1. The monoisotopic (exact) mass is 259 g/mol. The van der Waals surface area contributed by atoms with Crippen LogP contribution in [0.3, 0.4) is 0 Å². The van der Waals surface area contributed by atoms with Crippen molar-refractivity contribution in [2.75, 3.05) is 6.54 Å². The Labute approximate surface area is 91.6 Å². The zero-order valence-electron chi connectivity index (χ0n) is 8.25. The first-order chi connectivity index (χ1) is 6.54. The van der Waals surface area contributed by atoms with Crippen molar-refractivity contribution in [3.05, 3.63) is 22.4 Å². The maximum atomic E-state index is 11.6. The van der Waals surface area contributed by atoms with Crippen LogP contribution >= 0.6 is 15.9 Å². The van der Waals surface area contributed by atoms with E-state index in [1.807, 2.05) is 20.2 Å². The lowest BCUT2D eigenvalue weighted by Crippen LogP contribution is -2.38. The van der Waals surface area contributed by atoms with Gasteiger partial charge in [0.1, 0.15) is 5.69 Å². The van der Waals surface area contributed by atoms with Crippen molar-refractivity contribution in [3.8, 4) is 0 Å². The number of nitrogens with two attached hydrogens (primary N) is 1. The first kappa shape index (κ1) is 11.3. The van der Waals surface area contributed by atoms with E-state index in [4.69, 9.17) is 5.73 Å². The van der Waals surface area contributed by atoms with Gasteiger partial charge in [0.25, 0.3) is 5.91 Å². The van der Waals surface area contributed by atoms with Crippen LogP contribution in [0.15, 0.2) is 16.7 Å². The summed E-state index contributed by atoms with van der Waals surface area (Å²) < 4.78 is 2.66. The largest absolute Gasteiger partial charge is 0.347 e. The molecule has 0 bridgehead atoms. The van der Waals surface area contributed by atoms with Gasteiger partial charge in [-0.2, -0.15) is 0 Å².